The summed E-state index contributed by atoms with van der Waals surface area (Å²) in [5, 5.41) is 9.57. The molecule has 0 saturated carbocycles. The zero-order chi connectivity index (χ0) is 15.5. The maximum Gasteiger partial charge on any atom is 0.252 e. The van der Waals surface area contributed by atoms with Crippen LogP contribution in [0, 0.1) is 0 Å². The first-order valence-electron chi connectivity index (χ1n) is 6.55. The second kappa shape index (κ2) is 9.98. The van der Waals surface area contributed by atoms with Crippen molar-refractivity contribution in [3.8, 4) is 11.5 Å². The predicted molar refractivity (Wildman–Crippen MR) is 75.6 cm³/mol. The molecule has 118 valence electrons. The summed E-state index contributed by atoms with van der Waals surface area (Å²) in [6.07, 6.45) is 0. The van der Waals surface area contributed by atoms with Crippen LogP contribution in [0.25, 0.3) is 0 Å². The van der Waals surface area contributed by atoms with Crippen molar-refractivity contribution in [3.63, 3.8) is 0 Å². The van der Waals surface area contributed by atoms with Gasteiger partial charge in [-0.25, -0.2) is 0 Å². The van der Waals surface area contributed by atoms with Crippen molar-refractivity contribution < 1.29 is 28.8 Å². The Kier molecular flexibility index (Phi) is 8.18. The lowest BCUT2D eigenvalue weighted by Crippen LogP contribution is -2.13. The fourth-order valence-electron chi connectivity index (χ4n) is 1.49. The highest BCUT2D eigenvalue weighted by molar-refractivity contribution is 5.95. The molecule has 3 N–H and O–H groups in total. The Bertz CT molecular complexity index is 437. The summed E-state index contributed by atoms with van der Waals surface area (Å²) < 4.78 is 20.7. The van der Waals surface area contributed by atoms with E-state index in [9.17, 15) is 9.90 Å². The number of carbonyl (C=O) groups is 1. The van der Waals surface area contributed by atoms with E-state index in [-0.39, 0.29) is 11.3 Å². The number of hydrogen-bond donors (Lipinski definition) is 2. The number of aromatic hydroxyl groups is 1. The number of rotatable bonds is 11. The largest absolute Gasteiger partial charge is 0.507 e. The Morgan fingerprint density at radius 3 is 2.29 bits per heavy atom. The van der Waals surface area contributed by atoms with Crippen molar-refractivity contribution in [1.82, 2.24) is 0 Å². The average molecular weight is 299 g/mol. The van der Waals surface area contributed by atoms with Crippen molar-refractivity contribution in [3.05, 3.63) is 23.8 Å². The summed E-state index contributed by atoms with van der Waals surface area (Å²) in [6.45, 7) is 2.80. The summed E-state index contributed by atoms with van der Waals surface area (Å²) in [4.78, 5) is 10.9. The molecule has 21 heavy (non-hydrogen) atoms. The fraction of sp³-hybridized carbons (Fsp3) is 0.500. The molecule has 0 aliphatic carbocycles. The van der Waals surface area contributed by atoms with Gasteiger partial charge >= 0.3 is 0 Å². The average Bonchev–Trinajstić information content (AvgIpc) is 2.45. The molecule has 1 aromatic rings. The molecule has 0 aromatic heterocycles. The number of benzene rings is 1. The van der Waals surface area contributed by atoms with E-state index in [4.69, 9.17) is 24.7 Å². The van der Waals surface area contributed by atoms with E-state index in [2.05, 4.69) is 0 Å². The molecule has 0 bridgehead atoms. The summed E-state index contributed by atoms with van der Waals surface area (Å²) in [5.74, 6) is -0.444. The number of ether oxygens (including phenoxy) is 4. The van der Waals surface area contributed by atoms with Gasteiger partial charge in [-0.3, -0.25) is 4.79 Å². The molecule has 0 atom stereocenters. The Labute approximate surface area is 123 Å². The van der Waals surface area contributed by atoms with Gasteiger partial charge < -0.3 is 29.8 Å². The molecule has 0 saturated heterocycles. The van der Waals surface area contributed by atoms with E-state index in [1.54, 1.807) is 13.2 Å². The van der Waals surface area contributed by atoms with Crippen LogP contribution in [-0.4, -0.2) is 57.8 Å². The fourth-order valence-corrected chi connectivity index (χ4v) is 1.49. The van der Waals surface area contributed by atoms with Crippen LogP contribution in [0.3, 0.4) is 0 Å². The molecular formula is C14H21NO6. The quantitative estimate of drug-likeness (QED) is 0.579. The van der Waals surface area contributed by atoms with Gasteiger partial charge in [-0.05, 0) is 12.1 Å². The maximum absolute atomic E-state index is 10.9. The molecule has 7 nitrogen and oxygen atoms in total. The minimum atomic E-state index is -0.684. The SMILES string of the molecule is COCCOCCOCCOc1ccc(C(N)=O)c(O)c1. The number of hydrogen-bond acceptors (Lipinski definition) is 6. The van der Waals surface area contributed by atoms with Crippen LogP contribution in [0.1, 0.15) is 10.4 Å². The van der Waals surface area contributed by atoms with Crippen LogP contribution >= 0.6 is 0 Å². The third kappa shape index (κ3) is 6.94. The van der Waals surface area contributed by atoms with Gasteiger partial charge in [0.1, 0.15) is 18.1 Å². The van der Waals surface area contributed by atoms with Gasteiger partial charge in [-0.2, -0.15) is 0 Å². The summed E-state index contributed by atoms with van der Waals surface area (Å²) in [5.41, 5.74) is 5.15. The lowest BCUT2D eigenvalue weighted by atomic mass is 10.2. The van der Waals surface area contributed by atoms with Gasteiger partial charge in [-0.1, -0.05) is 0 Å². The van der Waals surface area contributed by atoms with E-state index >= 15 is 0 Å². The predicted octanol–water partition coefficient (Wildman–Crippen LogP) is 0.549. The first-order valence-corrected chi connectivity index (χ1v) is 6.55. The topological polar surface area (TPSA) is 100 Å². The third-order valence-corrected chi connectivity index (χ3v) is 2.53. The Balaban J connectivity index is 2.13. The molecule has 0 heterocycles. The number of carbonyl (C=O) groups excluding carboxylic acids is 1. The molecule has 1 rings (SSSR count). The van der Waals surface area contributed by atoms with Crippen LogP contribution in [0.2, 0.25) is 0 Å². The van der Waals surface area contributed by atoms with Crippen LogP contribution in [0.4, 0.5) is 0 Å². The smallest absolute Gasteiger partial charge is 0.252 e. The molecule has 0 spiro atoms. The minimum Gasteiger partial charge on any atom is -0.507 e. The van der Waals surface area contributed by atoms with E-state index in [1.165, 1.54) is 12.1 Å². The van der Waals surface area contributed by atoms with Crippen molar-refractivity contribution >= 4 is 5.91 Å². The van der Waals surface area contributed by atoms with Crippen LogP contribution < -0.4 is 10.5 Å². The molecule has 0 radical (unpaired) electrons. The maximum atomic E-state index is 10.9. The number of methoxy groups -OCH3 is 1. The first-order chi connectivity index (χ1) is 10.1. The van der Waals surface area contributed by atoms with E-state index in [0.29, 0.717) is 45.4 Å². The van der Waals surface area contributed by atoms with Crippen molar-refractivity contribution in [1.29, 1.82) is 0 Å². The number of phenols is 1. The zero-order valence-electron chi connectivity index (χ0n) is 12.0. The standard InChI is InChI=1S/C14H21NO6/c1-18-4-5-19-6-7-20-8-9-21-11-2-3-12(14(15)17)13(16)10-11/h2-3,10,16H,4-9H2,1H3,(H2,15,17). The molecule has 0 aliphatic rings. The molecular weight excluding hydrogens is 278 g/mol. The minimum absolute atomic E-state index is 0.0619. The Morgan fingerprint density at radius 1 is 1.10 bits per heavy atom. The van der Waals surface area contributed by atoms with Gasteiger partial charge in [0.05, 0.1) is 38.6 Å². The van der Waals surface area contributed by atoms with Crippen molar-refractivity contribution in [2.45, 2.75) is 0 Å². The van der Waals surface area contributed by atoms with Crippen molar-refractivity contribution in [2.24, 2.45) is 5.73 Å². The van der Waals surface area contributed by atoms with Crippen LogP contribution in [0.15, 0.2) is 18.2 Å². The molecule has 7 heteroatoms. The van der Waals surface area contributed by atoms with E-state index in [1.807, 2.05) is 0 Å². The lowest BCUT2D eigenvalue weighted by molar-refractivity contribution is 0.0179. The molecule has 0 fully saturated rings. The van der Waals surface area contributed by atoms with Gasteiger partial charge in [0.15, 0.2) is 0 Å². The normalized spacial score (nSPS) is 10.5. The first kappa shape index (κ1) is 17.2. The summed E-state index contributed by atoms with van der Waals surface area (Å²) in [6, 6.07) is 4.32. The molecule has 1 aromatic carbocycles. The van der Waals surface area contributed by atoms with Crippen LogP contribution in [0.5, 0.6) is 11.5 Å². The highest BCUT2D eigenvalue weighted by Gasteiger charge is 2.08. The van der Waals surface area contributed by atoms with Gasteiger partial charge in [0.2, 0.25) is 0 Å². The second-order valence-corrected chi connectivity index (χ2v) is 4.11. The van der Waals surface area contributed by atoms with Gasteiger partial charge in [0.25, 0.3) is 5.91 Å². The second-order valence-electron chi connectivity index (χ2n) is 4.11. The Morgan fingerprint density at radius 2 is 1.71 bits per heavy atom. The van der Waals surface area contributed by atoms with Gasteiger partial charge in [-0.15, -0.1) is 0 Å². The molecule has 1 amide bonds. The third-order valence-electron chi connectivity index (χ3n) is 2.53. The molecule has 0 aliphatic heterocycles. The van der Waals surface area contributed by atoms with Gasteiger partial charge in [0, 0.05) is 13.2 Å². The highest BCUT2D eigenvalue weighted by atomic mass is 16.6. The number of primary amides is 1. The monoisotopic (exact) mass is 299 g/mol. The van der Waals surface area contributed by atoms with Crippen LogP contribution in [-0.2, 0) is 14.2 Å². The number of amides is 1. The van der Waals surface area contributed by atoms with E-state index < -0.39 is 5.91 Å². The lowest BCUT2D eigenvalue weighted by Gasteiger charge is -2.09. The summed E-state index contributed by atoms with van der Waals surface area (Å²) in [7, 11) is 1.62. The number of nitrogens with two attached hydrogens (primary N) is 1. The molecule has 0 unspecified atom stereocenters. The summed E-state index contributed by atoms with van der Waals surface area (Å²) >= 11 is 0. The Hall–Kier alpha value is -1.83. The van der Waals surface area contributed by atoms with Crippen molar-refractivity contribution in [2.75, 3.05) is 46.8 Å². The zero-order valence-corrected chi connectivity index (χ0v) is 12.0. The van der Waals surface area contributed by atoms with E-state index in [0.717, 1.165) is 0 Å². The highest BCUT2D eigenvalue weighted by Crippen LogP contribution is 2.22.